The average molecular weight is 324 g/mol. The highest BCUT2D eigenvalue weighted by Crippen LogP contribution is 2.38. The summed E-state index contributed by atoms with van der Waals surface area (Å²) in [5.41, 5.74) is 2.19. The molecule has 0 spiro atoms. The highest BCUT2D eigenvalue weighted by Gasteiger charge is 2.15. The van der Waals surface area contributed by atoms with Crippen LogP contribution >= 0.6 is 34.5 Å². The number of hydrogen-bond acceptors (Lipinski definition) is 4. The van der Waals surface area contributed by atoms with Gasteiger partial charge in [-0.05, 0) is 29.3 Å². The van der Waals surface area contributed by atoms with Crippen LogP contribution in [0.1, 0.15) is 0 Å². The molecule has 3 rings (SSSR count). The standard InChI is InChI=1S/C14H11Cl2N3S/c1-19(2)12-11-10(8-3-5-9(15)6-4-8)7-20-13(11)18-14(16)17-12/h3-7H,1-2H3. The molecule has 1 aromatic carbocycles. The Hall–Kier alpha value is -1.36. The molecule has 0 aliphatic heterocycles. The topological polar surface area (TPSA) is 29.0 Å². The zero-order valence-electron chi connectivity index (χ0n) is 10.9. The maximum absolute atomic E-state index is 5.98. The van der Waals surface area contributed by atoms with Gasteiger partial charge in [0, 0.05) is 30.1 Å². The lowest BCUT2D eigenvalue weighted by atomic mass is 10.1. The predicted molar refractivity (Wildman–Crippen MR) is 87.2 cm³/mol. The monoisotopic (exact) mass is 323 g/mol. The molecule has 102 valence electrons. The van der Waals surface area contributed by atoms with Gasteiger partial charge in [-0.25, -0.2) is 4.98 Å². The van der Waals surface area contributed by atoms with E-state index in [1.807, 2.05) is 43.3 Å². The Morgan fingerprint density at radius 2 is 1.75 bits per heavy atom. The lowest BCUT2D eigenvalue weighted by Gasteiger charge is -2.13. The molecule has 0 N–H and O–H groups in total. The van der Waals surface area contributed by atoms with E-state index < -0.39 is 0 Å². The van der Waals surface area contributed by atoms with E-state index in [0.717, 1.165) is 32.2 Å². The van der Waals surface area contributed by atoms with Crippen molar-refractivity contribution in [3.63, 3.8) is 0 Å². The summed E-state index contributed by atoms with van der Waals surface area (Å²) in [5.74, 6) is 0.825. The molecule has 0 fully saturated rings. The summed E-state index contributed by atoms with van der Waals surface area (Å²) in [5, 5.41) is 4.09. The van der Waals surface area contributed by atoms with Gasteiger partial charge in [0.05, 0.1) is 5.39 Å². The number of aromatic nitrogens is 2. The van der Waals surface area contributed by atoms with Crippen LogP contribution in [0.3, 0.4) is 0 Å². The minimum Gasteiger partial charge on any atom is -0.362 e. The fourth-order valence-corrected chi connectivity index (χ4v) is 3.35. The number of thiophene rings is 1. The zero-order chi connectivity index (χ0) is 14.3. The fourth-order valence-electron chi connectivity index (χ4n) is 2.06. The Morgan fingerprint density at radius 3 is 2.40 bits per heavy atom. The molecule has 0 amide bonds. The summed E-state index contributed by atoms with van der Waals surface area (Å²) in [6, 6.07) is 7.76. The Kier molecular flexibility index (Phi) is 3.54. The van der Waals surface area contributed by atoms with Gasteiger partial charge in [-0.3, -0.25) is 0 Å². The van der Waals surface area contributed by atoms with E-state index in [0.29, 0.717) is 0 Å². The zero-order valence-corrected chi connectivity index (χ0v) is 13.2. The van der Waals surface area contributed by atoms with Crippen molar-refractivity contribution in [3.05, 3.63) is 40.0 Å². The predicted octanol–water partition coefficient (Wildman–Crippen LogP) is 4.73. The Bertz CT molecular complexity index is 766. The molecular weight excluding hydrogens is 313 g/mol. The van der Waals surface area contributed by atoms with E-state index in [4.69, 9.17) is 23.2 Å². The maximum atomic E-state index is 5.98. The van der Waals surface area contributed by atoms with Crippen LogP contribution in [-0.4, -0.2) is 24.1 Å². The molecule has 2 aromatic heterocycles. The second-order valence-corrected chi connectivity index (χ2v) is 6.18. The van der Waals surface area contributed by atoms with Crippen molar-refractivity contribution in [2.75, 3.05) is 19.0 Å². The van der Waals surface area contributed by atoms with Gasteiger partial charge in [-0.2, -0.15) is 4.98 Å². The van der Waals surface area contributed by atoms with Gasteiger partial charge in [0.15, 0.2) is 0 Å². The first-order valence-electron chi connectivity index (χ1n) is 5.94. The largest absolute Gasteiger partial charge is 0.362 e. The molecule has 3 nitrogen and oxygen atoms in total. The first-order valence-corrected chi connectivity index (χ1v) is 7.58. The molecule has 0 aliphatic rings. The van der Waals surface area contributed by atoms with E-state index in [9.17, 15) is 0 Å². The van der Waals surface area contributed by atoms with E-state index in [-0.39, 0.29) is 5.28 Å². The molecule has 3 aromatic rings. The highest BCUT2D eigenvalue weighted by molar-refractivity contribution is 7.17. The van der Waals surface area contributed by atoms with Gasteiger partial charge in [-0.1, -0.05) is 23.7 Å². The molecule has 2 heterocycles. The average Bonchev–Trinajstić information content (AvgIpc) is 2.82. The number of benzene rings is 1. The summed E-state index contributed by atoms with van der Waals surface area (Å²) in [4.78, 5) is 11.5. The molecular formula is C14H11Cl2N3S. The van der Waals surface area contributed by atoms with Gasteiger partial charge < -0.3 is 4.90 Å². The number of nitrogens with zero attached hydrogens (tertiary/aromatic N) is 3. The summed E-state index contributed by atoms with van der Waals surface area (Å²) in [6.07, 6.45) is 0. The van der Waals surface area contributed by atoms with Crippen molar-refractivity contribution < 1.29 is 0 Å². The molecule has 0 unspecified atom stereocenters. The van der Waals surface area contributed by atoms with E-state index in [1.54, 1.807) is 11.3 Å². The quantitative estimate of drug-likeness (QED) is 0.638. The van der Waals surface area contributed by atoms with Crippen molar-refractivity contribution in [1.82, 2.24) is 9.97 Å². The minimum absolute atomic E-state index is 0.269. The minimum atomic E-state index is 0.269. The van der Waals surface area contributed by atoms with Crippen LogP contribution in [0.4, 0.5) is 5.82 Å². The van der Waals surface area contributed by atoms with Crippen LogP contribution in [-0.2, 0) is 0 Å². The second kappa shape index (κ2) is 5.20. The molecule has 0 atom stereocenters. The molecule has 0 saturated heterocycles. The summed E-state index contributed by atoms with van der Waals surface area (Å²) >= 11 is 13.5. The second-order valence-electron chi connectivity index (χ2n) is 4.55. The van der Waals surface area contributed by atoms with Crippen LogP contribution in [0.2, 0.25) is 10.3 Å². The lowest BCUT2D eigenvalue weighted by molar-refractivity contribution is 1.06. The Balaban J connectivity index is 2.29. The van der Waals surface area contributed by atoms with Gasteiger partial charge in [0.2, 0.25) is 5.28 Å². The third kappa shape index (κ3) is 2.35. The fraction of sp³-hybridized carbons (Fsp3) is 0.143. The SMILES string of the molecule is CN(C)c1nc(Cl)nc2scc(-c3ccc(Cl)cc3)c12. The number of hydrogen-bond donors (Lipinski definition) is 0. The highest BCUT2D eigenvalue weighted by atomic mass is 35.5. The first kappa shape index (κ1) is 13.6. The molecule has 0 bridgehead atoms. The van der Waals surface area contributed by atoms with Crippen LogP contribution in [0.5, 0.6) is 0 Å². The lowest BCUT2D eigenvalue weighted by Crippen LogP contribution is -2.11. The molecule has 6 heteroatoms. The Labute approximate surface area is 130 Å². The molecule has 20 heavy (non-hydrogen) atoms. The van der Waals surface area contributed by atoms with Crippen molar-refractivity contribution in [1.29, 1.82) is 0 Å². The normalized spacial score (nSPS) is 11.0. The number of rotatable bonds is 2. The van der Waals surface area contributed by atoms with Crippen LogP contribution < -0.4 is 4.90 Å². The van der Waals surface area contributed by atoms with Crippen molar-refractivity contribution >= 4 is 50.6 Å². The molecule has 0 saturated carbocycles. The number of anilines is 1. The van der Waals surface area contributed by atoms with Gasteiger partial charge >= 0.3 is 0 Å². The van der Waals surface area contributed by atoms with Crippen LogP contribution in [0, 0.1) is 0 Å². The number of fused-ring (bicyclic) bond motifs is 1. The summed E-state index contributed by atoms with van der Waals surface area (Å²) in [7, 11) is 3.89. The van der Waals surface area contributed by atoms with Crippen LogP contribution in [0.25, 0.3) is 21.3 Å². The third-order valence-corrected chi connectivity index (χ3v) is 4.26. The molecule has 0 aliphatic carbocycles. The third-order valence-electron chi connectivity index (χ3n) is 2.97. The molecule has 0 radical (unpaired) electrons. The van der Waals surface area contributed by atoms with Crippen LogP contribution in [0.15, 0.2) is 29.6 Å². The summed E-state index contributed by atoms with van der Waals surface area (Å²) in [6.45, 7) is 0. The maximum Gasteiger partial charge on any atom is 0.225 e. The first-order chi connectivity index (χ1) is 9.56. The van der Waals surface area contributed by atoms with Gasteiger partial charge in [0.1, 0.15) is 10.6 Å². The van der Waals surface area contributed by atoms with Gasteiger partial charge in [0.25, 0.3) is 0 Å². The van der Waals surface area contributed by atoms with E-state index in [2.05, 4.69) is 15.3 Å². The van der Waals surface area contributed by atoms with Crippen molar-refractivity contribution in [3.8, 4) is 11.1 Å². The smallest absolute Gasteiger partial charge is 0.225 e. The van der Waals surface area contributed by atoms with E-state index >= 15 is 0 Å². The number of halogens is 2. The summed E-state index contributed by atoms with van der Waals surface area (Å²) < 4.78 is 0. The van der Waals surface area contributed by atoms with Crippen molar-refractivity contribution in [2.24, 2.45) is 0 Å². The Morgan fingerprint density at radius 1 is 1.05 bits per heavy atom. The van der Waals surface area contributed by atoms with Crippen molar-refractivity contribution in [2.45, 2.75) is 0 Å². The van der Waals surface area contributed by atoms with Gasteiger partial charge in [-0.15, -0.1) is 11.3 Å². The van der Waals surface area contributed by atoms with E-state index in [1.165, 1.54) is 0 Å².